The van der Waals surface area contributed by atoms with Crippen LogP contribution in [0, 0.1) is 10.1 Å². The molecule has 1 heterocycles. The van der Waals surface area contributed by atoms with Crippen LogP contribution in [-0.4, -0.2) is 32.5 Å². The van der Waals surface area contributed by atoms with E-state index in [2.05, 4.69) is 10.0 Å². The molecule has 1 saturated heterocycles. The topological polar surface area (TPSA) is 101 Å². The zero-order valence-corrected chi connectivity index (χ0v) is 12.4. The van der Waals surface area contributed by atoms with E-state index in [-0.39, 0.29) is 23.0 Å². The third-order valence-corrected chi connectivity index (χ3v) is 4.79. The van der Waals surface area contributed by atoms with Gasteiger partial charge in [0.05, 0.1) is 10.7 Å². The van der Waals surface area contributed by atoms with Crippen LogP contribution in [0.5, 0.6) is 0 Å². The number of sulfonamides is 1. The highest BCUT2D eigenvalue weighted by Gasteiger charge is 2.21. The number of benzene rings is 1. The number of nitrogens with zero attached hydrogens (tertiary/aromatic N) is 1. The summed E-state index contributed by atoms with van der Waals surface area (Å²) < 4.78 is 26.6. The highest BCUT2D eigenvalue weighted by molar-refractivity contribution is 7.88. The molecule has 21 heavy (non-hydrogen) atoms. The van der Waals surface area contributed by atoms with Crippen molar-refractivity contribution in [3.63, 3.8) is 0 Å². The maximum atomic E-state index is 12.1. The lowest BCUT2D eigenvalue weighted by Gasteiger charge is -2.23. The van der Waals surface area contributed by atoms with Gasteiger partial charge in [-0.25, -0.2) is 13.1 Å². The predicted molar refractivity (Wildman–Crippen MR) is 79.4 cm³/mol. The van der Waals surface area contributed by atoms with Crippen LogP contribution in [0.4, 0.5) is 5.69 Å². The molecule has 1 fully saturated rings. The molecule has 0 bridgehead atoms. The largest absolute Gasteiger partial charge is 0.313 e. The van der Waals surface area contributed by atoms with E-state index in [1.807, 2.05) is 0 Å². The smallest absolute Gasteiger partial charge is 0.273 e. The maximum absolute atomic E-state index is 12.1. The molecule has 0 amide bonds. The van der Waals surface area contributed by atoms with Crippen LogP contribution in [0.15, 0.2) is 24.3 Å². The second-order valence-electron chi connectivity index (χ2n) is 5.14. The predicted octanol–water partition coefficient (Wildman–Crippen LogP) is 1.16. The van der Waals surface area contributed by atoms with Gasteiger partial charge in [0.15, 0.2) is 0 Å². The van der Waals surface area contributed by atoms with Crippen molar-refractivity contribution in [2.75, 3.05) is 13.1 Å². The fourth-order valence-electron chi connectivity index (χ4n) is 2.39. The monoisotopic (exact) mass is 313 g/mol. The minimum absolute atomic E-state index is 0.138. The van der Waals surface area contributed by atoms with Gasteiger partial charge < -0.3 is 5.32 Å². The van der Waals surface area contributed by atoms with Gasteiger partial charge >= 0.3 is 0 Å². The van der Waals surface area contributed by atoms with Crippen molar-refractivity contribution in [2.45, 2.75) is 31.1 Å². The first-order valence-corrected chi connectivity index (χ1v) is 8.56. The molecule has 1 aliphatic rings. The molecule has 7 nitrogen and oxygen atoms in total. The highest BCUT2D eigenvalue weighted by atomic mass is 32.2. The van der Waals surface area contributed by atoms with Gasteiger partial charge in [-0.05, 0) is 19.4 Å². The molecule has 116 valence electrons. The molecule has 8 heteroatoms. The number of piperidine rings is 1. The molecule has 1 aromatic rings. The fraction of sp³-hybridized carbons (Fsp3) is 0.538. The molecule has 0 aromatic heterocycles. The molecule has 0 saturated carbocycles. The molecule has 0 aliphatic carbocycles. The summed E-state index contributed by atoms with van der Waals surface area (Å²) in [6.07, 6.45) is 3.14. The minimum Gasteiger partial charge on any atom is -0.313 e. The third kappa shape index (κ3) is 4.76. The van der Waals surface area contributed by atoms with Gasteiger partial charge in [0, 0.05) is 24.2 Å². The maximum Gasteiger partial charge on any atom is 0.273 e. The van der Waals surface area contributed by atoms with Gasteiger partial charge in [-0.1, -0.05) is 24.6 Å². The Morgan fingerprint density at radius 1 is 1.33 bits per heavy atom. The van der Waals surface area contributed by atoms with E-state index in [0.717, 1.165) is 25.8 Å². The summed E-state index contributed by atoms with van der Waals surface area (Å²) in [7, 11) is -3.58. The molecule has 1 unspecified atom stereocenters. The van der Waals surface area contributed by atoms with Crippen LogP contribution in [0.3, 0.4) is 0 Å². The van der Waals surface area contributed by atoms with E-state index < -0.39 is 14.9 Å². The van der Waals surface area contributed by atoms with Crippen molar-refractivity contribution in [3.05, 3.63) is 39.9 Å². The van der Waals surface area contributed by atoms with E-state index in [4.69, 9.17) is 0 Å². The Labute approximate surface area is 123 Å². The van der Waals surface area contributed by atoms with E-state index >= 15 is 0 Å². The number of hydrogen-bond donors (Lipinski definition) is 2. The summed E-state index contributed by atoms with van der Waals surface area (Å²) >= 11 is 0. The van der Waals surface area contributed by atoms with E-state index in [1.165, 1.54) is 18.2 Å². The zero-order chi connectivity index (χ0) is 15.3. The molecule has 2 rings (SSSR count). The van der Waals surface area contributed by atoms with Crippen LogP contribution in [0.2, 0.25) is 0 Å². The summed E-state index contributed by atoms with van der Waals surface area (Å²) in [4.78, 5) is 10.3. The van der Waals surface area contributed by atoms with E-state index in [1.54, 1.807) is 6.07 Å². The Bertz CT molecular complexity index is 597. The normalized spacial score (nSPS) is 19.3. The molecule has 2 N–H and O–H groups in total. The zero-order valence-electron chi connectivity index (χ0n) is 11.6. The Hall–Kier alpha value is -1.51. The minimum atomic E-state index is -3.58. The van der Waals surface area contributed by atoms with Crippen LogP contribution < -0.4 is 10.0 Å². The average molecular weight is 313 g/mol. The number of rotatable bonds is 6. The summed E-state index contributed by atoms with van der Waals surface area (Å²) in [5.41, 5.74) is 0.0327. The third-order valence-electron chi connectivity index (χ3n) is 3.50. The summed E-state index contributed by atoms with van der Waals surface area (Å²) in [5.74, 6) is -0.378. The molecular weight excluding hydrogens is 294 g/mol. The number of hydrogen-bond acceptors (Lipinski definition) is 5. The second-order valence-corrected chi connectivity index (χ2v) is 6.95. The average Bonchev–Trinajstić information content (AvgIpc) is 2.46. The highest BCUT2D eigenvalue weighted by Crippen LogP contribution is 2.19. The second kappa shape index (κ2) is 6.97. The molecule has 0 spiro atoms. The molecule has 0 radical (unpaired) electrons. The first-order valence-electron chi connectivity index (χ1n) is 6.91. The number of nitro groups is 1. The molecule has 1 atom stereocenters. The van der Waals surface area contributed by atoms with Gasteiger partial charge in [0.2, 0.25) is 10.0 Å². The van der Waals surface area contributed by atoms with Crippen molar-refractivity contribution in [1.29, 1.82) is 0 Å². The molecular formula is C13H19N3O4S. The van der Waals surface area contributed by atoms with Crippen molar-refractivity contribution >= 4 is 15.7 Å². The lowest BCUT2D eigenvalue weighted by molar-refractivity contribution is -0.385. The fourth-order valence-corrected chi connectivity index (χ4v) is 3.60. The van der Waals surface area contributed by atoms with Crippen LogP contribution in [0.25, 0.3) is 0 Å². The molecule has 1 aliphatic heterocycles. The Morgan fingerprint density at radius 3 is 2.76 bits per heavy atom. The van der Waals surface area contributed by atoms with Gasteiger partial charge in [0.25, 0.3) is 5.69 Å². The standard InChI is InChI=1S/C13H19N3O4S/c17-16(18)13-7-2-1-5-11(13)10-21(19,20)15-9-12-6-3-4-8-14-12/h1-2,5,7,12,14-15H,3-4,6,8-10H2. The molecule has 1 aromatic carbocycles. The van der Waals surface area contributed by atoms with E-state index in [9.17, 15) is 18.5 Å². The quantitative estimate of drug-likeness (QED) is 0.606. The van der Waals surface area contributed by atoms with Crippen LogP contribution in [0.1, 0.15) is 24.8 Å². The lowest BCUT2D eigenvalue weighted by atomic mass is 10.1. The van der Waals surface area contributed by atoms with Crippen LogP contribution >= 0.6 is 0 Å². The first-order chi connectivity index (χ1) is 9.98. The van der Waals surface area contributed by atoms with Gasteiger partial charge in [0.1, 0.15) is 0 Å². The number of nitro benzene ring substituents is 1. The Kier molecular flexibility index (Phi) is 5.27. The Balaban J connectivity index is 1.99. The van der Waals surface area contributed by atoms with Gasteiger partial charge in [-0.3, -0.25) is 10.1 Å². The van der Waals surface area contributed by atoms with Crippen molar-refractivity contribution in [2.24, 2.45) is 0 Å². The Morgan fingerprint density at radius 2 is 2.10 bits per heavy atom. The SMILES string of the molecule is O=[N+]([O-])c1ccccc1CS(=O)(=O)NCC1CCCCN1. The number of nitrogens with one attached hydrogen (secondary N) is 2. The van der Waals surface area contributed by atoms with Crippen LogP contribution in [-0.2, 0) is 15.8 Å². The first kappa shape index (κ1) is 15.9. The summed E-state index contributed by atoms with van der Waals surface area (Å²) in [6, 6.07) is 6.04. The van der Waals surface area contributed by atoms with E-state index in [0.29, 0.717) is 6.54 Å². The number of para-hydroxylation sites is 1. The van der Waals surface area contributed by atoms with Gasteiger partial charge in [-0.2, -0.15) is 0 Å². The summed E-state index contributed by atoms with van der Waals surface area (Å²) in [6.45, 7) is 1.22. The van der Waals surface area contributed by atoms with Crippen molar-refractivity contribution < 1.29 is 13.3 Å². The summed E-state index contributed by atoms with van der Waals surface area (Å²) in [5, 5.41) is 14.1. The lowest BCUT2D eigenvalue weighted by Crippen LogP contribution is -2.43. The van der Waals surface area contributed by atoms with Crippen molar-refractivity contribution in [1.82, 2.24) is 10.0 Å². The van der Waals surface area contributed by atoms with Gasteiger partial charge in [-0.15, -0.1) is 0 Å². The van der Waals surface area contributed by atoms with Crippen molar-refractivity contribution in [3.8, 4) is 0 Å².